The second-order valence-electron chi connectivity index (χ2n) is 8.34. The Kier molecular flexibility index (Phi) is 6.71. The number of aliphatic imine (C=N–C) groups is 1. The maximum Gasteiger partial charge on any atom is 0.146 e. The first-order chi connectivity index (χ1) is 14.3. The smallest absolute Gasteiger partial charge is 0.146 e. The first kappa shape index (κ1) is 19.8. The van der Waals surface area contributed by atoms with Crippen molar-refractivity contribution < 1.29 is 4.74 Å². The highest BCUT2D eigenvalue weighted by Crippen LogP contribution is 2.28. The normalized spacial score (nSPS) is 22.8. The Balaban J connectivity index is 1.48. The Morgan fingerprint density at radius 2 is 1.90 bits per heavy atom. The number of H-pyrrole nitrogens is 2. The van der Waals surface area contributed by atoms with Gasteiger partial charge in [0.25, 0.3) is 0 Å². The van der Waals surface area contributed by atoms with Crippen LogP contribution in [-0.2, 0) is 17.6 Å². The third kappa shape index (κ3) is 5.31. The van der Waals surface area contributed by atoms with E-state index >= 15 is 0 Å². The zero-order valence-corrected chi connectivity index (χ0v) is 17.5. The zero-order valence-electron chi connectivity index (χ0n) is 17.5. The first-order valence-corrected chi connectivity index (χ1v) is 11.2. The minimum absolute atomic E-state index is 0.552. The van der Waals surface area contributed by atoms with Crippen LogP contribution in [0.5, 0.6) is 0 Å². The Hall–Kier alpha value is -2.49. The molecular formula is C25H33N3O. The van der Waals surface area contributed by atoms with Gasteiger partial charge < -0.3 is 14.7 Å². The average molecular weight is 392 g/mol. The molecule has 29 heavy (non-hydrogen) atoms. The second kappa shape index (κ2) is 9.82. The molecule has 2 aromatic rings. The molecule has 154 valence electrons. The molecule has 0 aromatic carbocycles. The van der Waals surface area contributed by atoms with E-state index in [0.717, 1.165) is 29.3 Å². The molecule has 1 unspecified atom stereocenters. The van der Waals surface area contributed by atoms with E-state index in [4.69, 9.17) is 9.73 Å². The monoisotopic (exact) mass is 391 g/mol. The largest absolute Gasteiger partial charge is 0.494 e. The number of allylic oxidation sites excluding steroid dienone is 2. The van der Waals surface area contributed by atoms with Crippen molar-refractivity contribution in [3.8, 4) is 0 Å². The van der Waals surface area contributed by atoms with Crippen LogP contribution >= 0.6 is 0 Å². The number of aromatic nitrogens is 2. The van der Waals surface area contributed by atoms with E-state index in [0.29, 0.717) is 5.92 Å². The van der Waals surface area contributed by atoms with E-state index in [1.807, 2.05) is 18.3 Å². The standard InChI is InChI=1S/C25H33N3O/c1-29-25-17-23(22-13-8-14-26-22)28-24(25)16-19-9-5-3-2-4-6-12-21-15-20(18-27-21)11-7-10-19/h8,13-19,26-27H,2-7,9-12H2,1H3/b24-16+. The maximum absolute atomic E-state index is 5.64. The van der Waals surface area contributed by atoms with Gasteiger partial charge in [-0.25, -0.2) is 4.99 Å². The van der Waals surface area contributed by atoms with Crippen LogP contribution in [0, 0.1) is 5.92 Å². The molecule has 0 amide bonds. The second-order valence-corrected chi connectivity index (χ2v) is 8.34. The van der Waals surface area contributed by atoms with Crippen LogP contribution in [0.15, 0.2) is 59.2 Å². The van der Waals surface area contributed by atoms with Gasteiger partial charge in [-0.1, -0.05) is 31.8 Å². The van der Waals surface area contributed by atoms with Gasteiger partial charge in [0.15, 0.2) is 0 Å². The number of aryl methyl sites for hydroxylation is 2. The predicted octanol–water partition coefficient (Wildman–Crippen LogP) is 6.10. The molecular weight excluding hydrogens is 358 g/mol. The summed E-state index contributed by atoms with van der Waals surface area (Å²) in [7, 11) is 1.74. The van der Waals surface area contributed by atoms with E-state index in [1.54, 1.807) is 7.11 Å². The van der Waals surface area contributed by atoms with E-state index in [-0.39, 0.29) is 0 Å². The summed E-state index contributed by atoms with van der Waals surface area (Å²) in [6.45, 7) is 0. The number of hydrogen-bond donors (Lipinski definition) is 2. The molecule has 0 saturated heterocycles. The summed E-state index contributed by atoms with van der Waals surface area (Å²) in [5.41, 5.74) is 5.85. The molecule has 0 saturated carbocycles. The van der Waals surface area contributed by atoms with Crippen molar-refractivity contribution in [2.45, 2.75) is 64.2 Å². The summed E-state index contributed by atoms with van der Waals surface area (Å²) in [4.78, 5) is 11.6. The van der Waals surface area contributed by atoms with E-state index < -0.39 is 0 Å². The van der Waals surface area contributed by atoms with E-state index in [2.05, 4.69) is 34.4 Å². The molecule has 1 aliphatic carbocycles. The number of methoxy groups -OCH3 is 1. The van der Waals surface area contributed by atoms with Gasteiger partial charge in [-0.2, -0.15) is 0 Å². The Morgan fingerprint density at radius 3 is 2.76 bits per heavy atom. The van der Waals surface area contributed by atoms with E-state index in [1.165, 1.54) is 69.0 Å². The molecule has 4 rings (SSSR count). The topological polar surface area (TPSA) is 53.2 Å². The number of fused-ring (bicyclic) bond motifs is 2. The van der Waals surface area contributed by atoms with E-state index in [9.17, 15) is 0 Å². The molecule has 1 aliphatic heterocycles. The van der Waals surface area contributed by atoms with Crippen molar-refractivity contribution in [3.63, 3.8) is 0 Å². The molecule has 2 N–H and O–H groups in total. The summed E-state index contributed by atoms with van der Waals surface area (Å²) in [5.74, 6) is 1.43. The van der Waals surface area contributed by atoms with Gasteiger partial charge >= 0.3 is 0 Å². The fourth-order valence-electron chi connectivity index (χ4n) is 4.46. The number of aromatic amines is 2. The van der Waals surface area contributed by atoms with Gasteiger partial charge in [-0.05, 0) is 68.2 Å². The number of nitrogens with zero attached hydrogens (tertiary/aromatic N) is 1. The highest BCUT2D eigenvalue weighted by molar-refractivity contribution is 6.10. The molecule has 4 nitrogen and oxygen atoms in total. The average Bonchev–Trinajstić information content (AvgIpc) is 3.47. The lowest BCUT2D eigenvalue weighted by Gasteiger charge is -2.14. The maximum atomic E-state index is 5.64. The Morgan fingerprint density at radius 1 is 1.03 bits per heavy atom. The van der Waals surface area contributed by atoms with Crippen LogP contribution in [0.3, 0.4) is 0 Å². The summed E-state index contributed by atoms with van der Waals surface area (Å²) in [6, 6.07) is 6.43. The summed E-state index contributed by atoms with van der Waals surface area (Å²) >= 11 is 0. The van der Waals surface area contributed by atoms with Crippen molar-refractivity contribution >= 4 is 5.71 Å². The Bertz CT molecular complexity index is 870. The minimum atomic E-state index is 0.552. The molecule has 0 spiro atoms. The van der Waals surface area contributed by atoms with Crippen LogP contribution in [0.25, 0.3) is 0 Å². The van der Waals surface area contributed by atoms with Crippen LogP contribution < -0.4 is 0 Å². The number of nitrogens with one attached hydrogen (secondary N) is 2. The van der Waals surface area contributed by atoms with Gasteiger partial charge in [0.05, 0.1) is 18.5 Å². The molecule has 0 fully saturated rings. The third-order valence-electron chi connectivity index (χ3n) is 6.11. The molecule has 3 heterocycles. The lowest BCUT2D eigenvalue weighted by Crippen LogP contribution is -2.01. The van der Waals surface area contributed by atoms with Crippen molar-refractivity contribution in [1.82, 2.24) is 9.97 Å². The first-order valence-electron chi connectivity index (χ1n) is 11.2. The molecule has 0 radical (unpaired) electrons. The molecule has 2 bridgehead atoms. The number of rotatable bonds is 3. The van der Waals surface area contributed by atoms with Crippen LogP contribution in [0.4, 0.5) is 0 Å². The highest BCUT2D eigenvalue weighted by Gasteiger charge is 2.19. The summed E-state index contributed by atoms with van der Waals surface area (Å²) < 4.78 is 5.64. The zero-order chi connectivity index (χ0) is 19.9. The van der Waals surface area contributed by atoms with Crippen LogP contribution in [-0.4, -0.2) is 22.8 Å². The van der Waals surface area contributed by atoms with Gasteiger partial charge in [0, 0.05) is 24.2 Å². The number of ether oxygens (including phenoxy) is 1. The number of hydrogen-bond acceptors (Lipinski definition) is 2. The SMILES string of the molecule is COC1=CC(c2ccc[nH]2)=N/C1=C/C1CCCCCCCc2cc(c[nH]2)CCC1. The summed E-state index contributed by atoms with van der Waals surface area (Å²) in [6.07, 6.45) is 21.2. The van der Waals surface area contributed by atoms with Crippen molar-refractivity contribution in [2.75, 3.05) is 7.11 Å². The van der Waals surface area contributed by atoms with Crippen LogP contribution in [0.2, 0.25) is 0 Å². The quantitative estimate of drug-likeness (QED) is 0.653. The fraction of sp³-hybridized carbons (Fsp3) is 0.480. The Labute approximate surface area is 174 Å². The van der Waals surface area contributed by atoms with Crippen molar-refractivity contribution in [3.05, 3.63) is 71.2 Å². The lowest BCUT2D eigenvalue weighted by molar-refractivity contribution is 0.301. The predicted molar refractivity (Wildman–Crippen MR) is 119 cm³/mol. The van der Waals surface area contributed by atoms with Gasteiger partial charge in [-0.3, -0.25) is 0 Å². The van der Waals surface area contributed by atoms with Crippen LogP contribution in [0.1, 0.15) is 68.3 Å². The van der Waals surface area contributed by atoms with Crippen molar-refractivity contribution in [2.24, 2.45) is 10.9 Å². The molecule has 2 aliphatic rings. The van der Waals surface area contributed by atoms with Gasteiger partial charge in [0.1, 0.15) is 11.5 Å². The molecule has 4 heteroatoms. The van der Waals surface area contributed by atoms with Gasteiger partial charge in [-0.15, -0.1) is 0 Å². The third-order valence-corrected chi connectivity index (χ3v) is 6.11. The molecule has 2 aromatic heterocycles. The lowest BCUT2D eigenvalue weighted by atomic mass is 9.92. The highest BCUT2D eigenvalue weighted by atomic mass is 16.5. The fourth-order valence-corrected chi connectivity index (χ4v) is 4.46. The van der Waals surface area contributed by atoms with Crippen molar-refractivity contribution in [1.29, 1.82) is 0 Å². The minimum Gasteiger partial charge on any atom is -0.494 e. The summed E-state index contributed by atoms with van der Waals surface area (Å²) in [5, 5.41) is 0. The molecule has 1 atom stereocenters. The van der Waals surface area contributed by atoms with Gasteiger partial charge in [0.2, 0.25) is 0 Å².